The van der Waals surface area contributed by atoms with Crippen molar-refractivity contribution in [1.82, 2.24) is 19.1 Å². The van der Waals surface area contributed by atoms with Crippen LogP contribution in [0.25, 0.3) is 121 Å². The van der Waals surface area contributed by atoms with Gasteiger partial charge < -0.3 is 8.98 Å². The minimum atomic E-state index is 0.620. The highest BCUT2D eigenvalue weighted by atomic mass is 16.3. The van der Waals surface area contributed by atoms with E-state index in [1.807, 2.05) is 6.07 Å². The number of nitrogens with zero attached hydrogens (tertiary/aromatic N) is 4. The number of hydrogen-bond donors (Lipinski definition) is 0. The first-order valence-electron chi connectivity index (χ1n) is 20.0. The molecule has 13 rings (SSSR count). The van der Waals surface area contributed by atoms with Gasteiger partial charge in [-0.25, -0.2) is 9.97 Å². The van der Waals surface area contributed by atoms with Gasteiger partial charge in [0.05, 0.1) is 38.7 Å². The van der Waals surface area contributed by atoms with Crippen molar-refractivity contribution in [3.63, 3.8) is 0 Å². The fourth-order valence-corrected chi connectivity index (χ4v) is 9.54. The number of hydrogen-bond acceptors (Lipinski definition) is 3. The fourth-order valence-electron chi connectivity index (χ4n) is 9.54. The summed E-state index contributed by atoms with van der Waals surface area (Å²) in [4.78, 5) is 11.1. The molecule has 0 N–H and O–H groups in total. The van der Waals surface area contributed by atoms with E-state index in [1.165, 1.54) is 5.56 Å². The van der Waals surface area contributed by atoms with Gasteiger partial charge in [-0.2, -0.15) is 0 Å². The summed E-state index contributed by atoms with van der Waals surface area (Å²) in [5, 5.41) is 9.98. The molecule has 0 fully saturated rings. The molecule has 5 nitrogen and oxygen atoms in total. The Morgan fingerprint density at radius 3 is 1.93 bits per heavy atom. The lowest BCUT2D eigenvalue weighted by atomic mass is 10.0. The Balaban J connectivity index is 1.22. The molecule has 0 atom stereocenters. The fraction of sp³-hybridized carbons (Fsp3) is 0. The van der Waals surface area contributed by atoms with Gasteiger partial charge in [0.15, 0.2) is 0 Å². The van der Waals surface area contributed by atoms with Crippen molar-refractivity contribution < 1.29 is 4.42 Å². The van der Waals surface area contributed by atoms with Gasteiger partial charge in [0.1, 0.15) is 11.2 Å². The van der Waals surface area contributed by atoms with Crippen LogP contribution in [-0.4, -0.2) is 19.1 Å². The van der Waals surface area contributed by atoms with Crippen LogP contribution in [0.2, 0.25) is 0 Å². The average Bonchev–Trinajstić information content (AvgIpc) is 3.97. The number of rotatable bonds is 4. The second kappa shape index (κ2) is 12.2. The van der Waals surface area contributed by atoms with Crippen molar-refractivity contribution >= 4 is 87.2 Å². The van der Waals surface area contributed by atoms with E-state index in [9.17, 15) is 0 Å². The van der Waals surface area contributed by atoms with E-state index in [2.05, 4.69) is 197 Å². The number of furan rings is 1. The molecule has 9 aromatic carbocycles. The highest BCUT2D eigenvalue weighted by Gasteiger charge is 2.26. The summed E-state index contributed by atoms with van der Waals surface area (Å²) in [7, 11) is 0. The largest absolute Gasteiger partial charge is 0.455 e. The molecule has 0 saturated heterocycles. The highest BCUT2D eigenvalue weighted by Crippen LogP contribution is 2.46. The second-order valence-corrected chi connectivity index (χ2v) is 15.3. The zero-order valence-corrected chi connectivity index (χ0v) is 31.7. The lowest BCUT2D eigenvalue weighted by Gasteiger charge is -2.15. The maximum atomic E-state index is 6.81. The van der Waals surface area contributed by atoms with Gasteiger partial charge in [0.2, 0.25) is 5.95 Å². The summed E-state index contributed by atoms with van der Waals surface area (Å²) in [6.45, 7) is 0. The Labute approximate surface area is 337 Å². The van der Waals surface area contributed by atoms with Crippen LogP contribution >= 0.6 is 0 Å². The normalized spacial score (nSPS) is 12.1. The number of aromatic nitrogens is 4. The molecule has 0 amide bonds. The highest BCUT2D eigenvalue weighted by molar-refractivity contribution is 6.29. The van der Waals surface area contributed by atoms with Crippen LogP contribution in [0, 0.1) is 0 Å². The van der Waals surface area contributed by atoms with E-state index in [1.54, 1.807) is 0 Å². The van der Waals surface area contributed by atoms with Gasteiger partial charge >= 0.3 is 0 Å². The van der Waals surface area contributed by atoms with E-state index in [-0.39, 0.29) is 0 Å². The maximum absolute atomic E-state index is 6.81. The van der Waals surface area contributed by atoms with Crippen LogP contribution in [0.15, 0.2) is 199 Å². The molecule has 13 aromatic rings. The van der Waals surface area contributed by atoms with Gasteiger partial charge in [0.25, 0.3) is 0 Å². The standard InChI is InChI=1S/C54H32N4O/c1-3-14-33(15-4-1)36-19-13-20-37(32-36)57-46-31-29-42-40-23-10-12-25-47(40)59-53(42)49(46)43-28-27-41-39-22-9-11-24-45(39)58(51(41)52(43)57)54-55-44-30-26-34-16-7-8-21-38(34)48(44)50(56-54)35-17-5-2-6-18-35/h1-32H. The molecule has 4 aromatic heterocycles. The van der Waals surface area contributed by atoms with Gasteiger partial charge in [-0.05, 0) is 64.4 Å². The summed E-state index contributed by atoms with van der Waals surface area (Å²) in [5.74, 6) is 0.620. The molecular weight excluding hydrogens is 721 g/mol. The molecule has 0 radical (unpaired) electrons. The third-order valence-corrected chi connectivity index (χ3v) is 12.1. The molecule has 0 unspecified atom stereocenters. The number of para-hydroxylation sites is 2. The van der Waals surface area contributed by atoms with Crippen LogP contribution in [0.5, 0.6) is 0 Å². The van der Waals surface area contributed by atoms with Crippen molar-refractivity contribution in [2.75, 3.05) is 0 Å². The molecule has 5 heteroatoms. The van der Waals surface area contributed by atoms with Gasteiger partial charge in [-0.3, -0.25) is 4.57 Å². The van der Waals surface area contributed by atoms with Gasteiger partial charge in [-0.15, -0.1) is 0 Å². The lowest BCUT2D eigenvalue weighted by Crippen LogP contribution is -2.05. The minimum absolute atomic E-state index is 0.620. The topological polar surface area (TPSA) is 48.8 Å². The number of benzene rings is 9. The van der Waals surface area contributed by atoms with E-state index in [0.29, 0.717) is 5.95 Å². The predicted octanol–water partition coefficient (Wildman–Crippen LogP) is 14.2. The number of fused-ring (bicyclic) bond motifs is 14. The summed E-state index contributed by atoms with van der Waals surface area (Å²) in [5.41, 5.74) is 12.2. The van der Waals surface area contributed by atoms with E-state index in [4.69, 9.17) is 14.4 Å². The Morgan fingerprint density at radius 2 is 1.07 bits per heavy atom. The molecule has 4 heterocycles. The molecule has 0 saturated carbocycles. The minimum Gasteiger partial charge on any atom is -0.455 e. The van der Waals surface area contributed by atoms with Crippen molar-refractivity contribution in [3.8, 4) is 34.0 Å². The van der Waals surface area contributed by atoms with Crippen molar-refractivity contribution in [2.24, 2.45) is 0 Å². The van der Waals surface area contributed by atoms with Crippen molar-refractivity contribution in [2.45, 2.75) is 0 Å². The monoisotopic (exact) mass is 752 g/mol. The van der Waals surface area contributed by atoms with Crippen LogP contribution in [0.4, 0.5) is 0 Å². The van der Waals surface area contributed by atoms with Crippen LogP contribution in [-0.2, 0) is 0 Å². The Bertz CT molecular complexity index is 3840. The Kier molecular flexibility index (Phi) is 6.66. The third-order valence-electron chi connectivity index (χ3n) is 12.1. The zero-order valence-electron chi connectivity index (χ0n) is 31.7. The summed E-state index contributed by atoms with van der Waals surface area (Å²) >= 11 is 0. The molecule has 0 aliphatic heterocycles. The Hall–Kier alpha value is -8.02. The first-order valence-corrected chi connectivity index (χ1v) is 20.0. The predicted molar refractivity (Wildman–Crippen MR) is 244 cm³/mol. The average molecular weight is 753 g/mol. The first kappa shape index (κ1) is 32.1. The van der Waals surface area contributed by atoms with Crippen LogP contribution < -0.4 is 0 Å². The van der Waals surface area contributed by atoms with Gasteiger partial charge in [0, 0.05) is 43.6 Å². The third kappa shape index (κ3) is 4.61. The van der Waals surface area contributed by atoms with E-state index >= 15 is 0 Å². The SMILES string of the molecule is c1ccc(-c2cccc(-n3c4ccc5c6ccccc6oc5c4c4ccc5c6ccccc6n(-c6nc(-c7ccccc7)c7c(ccc8ccccc87)n6)c5c43)c2)cc1. The summed E-state index contributed by atoms with van der Waals surface area (Å²) < 4.78 is 11.5. The molecule has 274 valence electrons. The molecule has 0 spiro atoms. The molecule has 0 aliphatic carbocycles. The molecular formula is C54H32N4O. The summed E-state index contributed by atoms with van der Waals surface area (Å²) in [6.07, 6.45) is 0. The zero-order chi connectivity index (χ0) is 38.6. The molecule has 0 bridgehead atoms. The Morgan fingerprint density at radius 1 is 0.390 bits per heavy atom. The quantitative estimate of drug-likeness (QED) is 0.168. The maximum Gasteiger partial charge on any atom is 0.235 e. The summed E-state index contributed by atoms with van der Waals surface area (Å²) in [6, 6.07) is 68.8. The first-order chi connectivity index (χ1) is 29.3. The van der Waals surface area contributed by atoms with E-state index in [0.717, 1.165) is 110 Å². The lowest BCUT2D eigenvalue weighted by molar-refractivity contribution is 0.673. The van der Waals surface area contributed by atoms with Crippen molar-refractivity contribution in [1.29, 1.82) is 0 Å². The van der Waals surface area contributed by atoms with Crippen molar-refractivity contribution in [3.05, 3.63) is 194 Å². The van der Waals surface area contributed by atoms with Crippen LogP contribution in [0.3, 0.4) is 0 Å². The second-order valence-electron chi connectivity index (χ2n) is 15.3. The molecule has 0 aliphatic rings. The van der Waals surface area contributed by atoms with Gasteiger partial charge in [-0.1, -0.05) is 152 Å². The van der Waals surface area contributed by atoms with E-state index < -0.39 is 0 Å². The molecule has 59 heavy (non-hydrogen) atoms. The smallest absolute Gasteiger partial charge is 0.235 e. The van der Waals surface area contributed by atoms with Crippen LogP contribution in [0.1, 0.15) is 0 Å².